The molecule has 0 saturated heterocycles. The van der Waals surface area contributed by atoms with Gasteiger partial charge < -0.3 is 9.84 Å². The van der Waals surface area contributed by atoms with Crippen molar-refractivity contribution < 1.29 is 14.2 Å². The Balaban J connectivity index is 1.94. The van der Waals surface area contributed by atoms with E-state index >= 15 is 0 Å². The molecule has 1 aliphatic heterocycles. The van der Waals surface area contributed by atoms with E-state index in [1.165, 1.54) is 11.6 Å². The van der Waals surface area contributed by atoms with E-state index in [2.05, 4.69) is 22.0 Å². The number of rotatable bonds is 4. The topological polar surface area (TPSA) is 29.5 Å². The van der Waals surface area contributed by atoms with Crippen LogP contribution in [-0.2, 0) is 12.8 Å². The Morgan fingerprint density at radius 1 is 1.29 bits per heavy atom. The molecular formula is C17H16BrFO2. The maximum absolute atomic E-state index is 13.9. The number of ether oxygens (including phenoxy) is 1. The summed E-state index contributed by atoms with van der Waals surface area (Å²) in [6, 6.07) is 10.7. The molecule has 0 aromatic heterocycles. The lowest BCUT2D eigenvalue weighted by atomic mass is 9.91. The highest BCUT2D eigenvalue weighted by molar-refractivity contribution is 9.10. The fourth-order valence-corrected chi connectivity index (χ4v) is 3.39. The van der Waals surface area contributed by atoms with Crippen LogP contribution in [0.4, 0.5) is 4.39 Å². The van der Waals surface area contributed by atoms with E-state index in [1.807, 2.05) is 6.07 Å². The first kappa shape index (κ1) is 14.5. The Morgan fingerprint density at radius 2 is 2.10 bits per heavy atom. The maximum atomic E-state index is 13.9. The van der Waals surface area contributed by atoms with Crippen molar-refractivity contribution in [2.75, 3.05) is 13.2 Å². The first-order valence-corrected chi connectivity index (χ1v) is 7.77. The van der Waals surface area contributed by atoms with Crippen LogP contribution in [0.25, 0.3) is 0 Å². The zero-order valence-electron chi connectivity index (χ0n) is 11.5. The molecule has 110 valence electrons. The number of fused-ring (bicyclic) bond motifs is 1. The third-order valence-electron chi connectivity index (χ3n) is 3.86. The average molecular weight is 351 g/mol. The summed E-state index contributed by atoms with van der Waals surface area (Å²) in [7, 11) is 0. The third kappa shape index (κ3) is 2.97. The highest BCUT2D eigenvalue weighted by atomic mass is 79.9. The summed E-state index contributed by atoms with van der Waals surface area (Å²) in [6.07, 6.45) is 1.45. The second-order valence-electron chi connectivity index (χ2n) is 5.26. The minimum Gasteiger partial charge on any atom is -0.493 e. The molecule has 0 bridgehead atoms. The highest BCUT2D eigenvalue weighted by Crippen LogP contribution is 2.36. The summed E-state index contributed by atoms with van der Waals surface area (Å²) in [5.41, 5.74) is 2.73. The summed E-state index contributed by atoms with van der Waals surface area (Å²) >= 11 is 3.51. The Kier molecular flexibility index (Phi) is 4.27. The SMILES string of the molecule is OCC(Cc1cc(Br)cc2c1OCC2)c1ccccc1F. The first-order valence-electron chi connectivity index (χ1n) is 6.98. The molecule has 0 spiro atoms. The molecule has 1 unspecified atom stereocenters. The quantitative estimate of drug-likeness (QED) is 0.907. The van der Waals surface area contributed by atoms with Crippen LogP contribution >= 0.6 is 15.9 Å². The molecule has 2 aromatic carbocycles. The predicted molar refractivity (Wildman–Crippen MR) is 83.3 cm³/mol. The number of halogens is 2. The van der Waals surface area contributed by atoms with E-state index in [1.54, 1.807) is 18.2 Å². The van der Waals surface area contributed by atoms with E-state index in [9.17, 15) is 9.50 Å². The number of aliphatic hydroxyl groups excluding tert-OH is 1. The van der Waals surface area contributed by atoms with Gasteiger partial charge in [-0.25, -0.2) is 4.39 Å². The van der Waals surface area contributed by atoms with Crippen molar-refractivity contribution in [2.24, 2.45) is 0 Å². The van der Waals surface area contributed by atoms with Crippen LogP contribution in [0.1, 0.15) is 22.6 Å². The van der Waals surface area contributed by atoms with Gasteiger partial charge in [0.25, 0.3) is 0 Å². The summed E-state index contributed by atoms with van der Waals surface area (Å²) in [4.78, 5) is 0. The van der Waals surface area contributed by atoms with Crippen molar-refractivity contribution in [1.29, 1.82) is 0 Å². The van der Waals surface area contributed by atoms with Crippen molar-refractivity contribution in [3.05, 3.63) is 63.4 Å². The minimum absolute atomic E-state index is 0.0950. The van der Waals surface area contributed by atoms with E-state index in [4.69, 9.17) is 4.74 Å². The fourth-order valence-electron chi connectivity index (χ4n) is 2.84. The fraction of sp³-hybridized carbons (Fsp3) is 0.294. The van der Waals surface area contributed by atoms with Crippen LogP contribution in [0.2, 0.25) is 0 Å². The van der Waals surface area contributed by atoms with Crippen LogP contribution in [0.5, 0.6) is 5.75 Å². The van der Waals surface area contributed by atoms with E-state index in [-0.39, 0.29) is 18.3 Å². The lowest BCUT2D eigenvalue weighted by Crippen LogP contribution is -2.10. The number of benzene rings is 2. The van der Waals surface area contributed by atoms with Crippen LogP contribution in [-0.4, -0.2) is 18.3 Å². The van der Waals surface area contributed by atoms with Gasteiger partial charge in [0, 0.05) is 16.8 Å². The van der Waals surface area contributed by atoms with E-state index < -0.39 is 0 Å². The van der Waals surface area contributed by atoms with Crippen LogP contribution in [0.3, 0.4) is 0 Å². The number of aliphatic hydroxyl groups is 1. The molecule has 0 fully saturated rings. The Hall–Kier alpha value is -1.39. The van der Waals surface area contributed by atoms with Gasteiger partial charge in [-0.1, -0.05) is 34.1 Å². The van der Waals surface area contributed by atoms with E-state index in [0.29, 0.717) is 18.6 Å². The smallest absolute Gasteiger partial charge is 0.126 e. The van der Waals surface area contributed by atoms with Crippen LogP contribution in [0, 0.1) is 5.82 Å². The number of hydrogen-bond donors (Lipinski definition) is 1. The van der Waals surface area contributed by atoms with Gasteiger partial charge in [0.05, 0.1) is 13.2 Å². The Labute approximate surface area is 131 Å². The monoisotopic (exact) mass is 350 g/mol. The standard InChI is InChI=1S/C17H16BrFO2/c18-14-8-11-5-6-21-17(11)12(9-14)7-13(10-20)15-3-1-2-4-16(15)19/h1-4,8-9,13,20H,5-7,10H2. The largest absolute Gasteiger partial charge is 0.493 e. The lowest BCUT2D eigenvalue weighted by Gasteiger charge is -2.17. The second kappa shape index (κ2) is 6.16. The normalized spacial score (nSPS) is 14.6. The molecular weight excluding hydrogens is 335 g/mol. The summed E-state index contributed by atoms with van der Waals surface area (Å²) < 4.78 is 20.6. The van der Waals surface area contributed by atoms with Crippen molar-refractivity contribution in [1.82, 2.24) is 0 Å². The van der Waals surface area contributed by atoms with Gasteiger partial charge in [-0.2, -0.15) is 0 Å². The molecule has 0 radical (unpaired) electrons. The molecule has 1 heterocycles. The molecule has 2 nitrogen and oxygen atoms in total. The van der Waals surface area contributed by atoms with Gasteiger partial charge in [-0.15, -0.1) is 0 Å². The molecule has 1 atom stereocenters. The lowest BCUT2D eigenvalue weighted by molar-refractivity contribution is 0.260. The molecule has 4 heteroatoms. The minimum atomic E-state index is -0.274. The average Bonchev–Trinajstić information content (AvgIpc) is 2.93. The van der Waals surface area contributed by atoms with Gasteiger partial charge in [0.1, 0.15) is 11.6 Å². The summed E-state index contributed by atoms with van der Waals surface area (Å²) in [6.45, 7) is 0.588. The van der Waals surface area contributed by atoms with Crippen molar-refractivity contribution in [3.63, 3.8) is 0 Å². The van der Waals surface area contributed by atoms with Gasteiger partial charge in [0.2, 0.25) is 0 Å². The van der Waals surface area contributed by atoms with Crippen molar-refractivity contribution in [3.8, 4) is 5.75 Å². The third-order valence-corrected chi connectivity index (χ3v) is 4.31. The molecule has 21 heavy (non-hydrogen) atoms. The van der Waals surface area contributed by atoms with E-state index in [0.717, 1.165) is 22.2 Å². The predicted octanol–water partition coefficient (Wildman–Crippen LogP) is 3.84. The molecule has 2 aromatic rings. The molecule has 3 rings (SSSR count). The van der Waals surface area contributed by atoms with Gasteiger partial charge in [0.15, 0.2) is 0 Å². The molecule has 1 aliphatic rings. The molecule has 0 amide bonds. The zero-order valence-corrected chi connectivity index (χ0v) is 13.1. The summed E-state index contributed by atoms with van der Waals surface area (Å²) in [5, 5.41) is 9.66. The van der Waals surface area contributed by atoms with Gasteiger partial charge in [-0.05, 0) is 41.3 Å². The Morgan fingerprint density at radius 3 is 2.86 bits per heavy atom. The second-order valence-corrected chi connectivity index (χ2v) is 6.17. The highest BCUT2D eigenvalue weighted by Gasteiger charge is 2.22. The molecule has 1 N–H and O–H groups in total. The van der Waals surface area contributed by atoms with Gasteiger partial charge >= 0.3 is 0 Å². The Bertz CT molecular complexity index is 657. The molecule has 0 aliphatic carbocycles. The zero-order chi connectivity index (χ0) is 14.8. The number of hydrogen-bond acceptors (Lipinski definition) is 2. The van der Waals surface area contributed by atoms with Crippen molar-refractivity contribution in [2.45, 2.75) is 18.8 Å². The molecule has 0 saturated carbocycles. The van der Waals surface area contributed by atoms with Crippen LogP contribution < -0.4 is 4.74 Å². The summed E-state index contributed by atoms with van der Waals surface area (Å²) in [5.74, 6) is 0.353. The maximum Gasteiger partial charge on any atom is 0.126 e. The van der Waals surface area contributed by atoms with Crippen molar-refractivity contribution >= 4 is 15.9 Å². The first-order chi connectivity index (χ1) is 10.2. The van der Waals surface area contributed by atoms with Gasteiger partial charge in [-0.3, -0.25) is 0 Å². The van der Waals surface area contributed by atoms with Crippen LogP contribution in [0.15, 0.2) is 40.9 Å².